The predicted molar refractivity (Wildman–Crippen MR) is 87.3 cm³/mol. The quantitative estimate of drug-likeness (QED) is 0.491. The van der Waals surface area contributed by atoms with Crippen LogP contribution in [0.5, 0.6) is 0 Å². The van der Waals surface area contributed by atoms with Gasteiger partial charge in [-0.25, -0.2) is 4.98 Å². The molecule has 0 atom stereocenters. The number of nitrogen functional groups attached to an aromatic ring is 1. The van der Waals surface area contributed by atoms with Crippen molar-refractivity contribution in [3.05, 3.63) is 52.4 Å². The summed E-state index contributed by atoms with van der Waals surface area (Å²) < 4.78 is 0.767. The predicted octanol–water partition coefficient (Wildman–Crippen LogP) is 3.47. The molecule has 1 amide bonds. The Kier molecular flexibility index (Phi) is 3.39. The molecule has 0 unspecified atom stereocenters. The van der Waals surface area contributed by atoms with E-state index < -0.39 is 0 Å². The standard InChI is InChI=1S/C15H13BrN4O/c1-8-4-10(6-19-14(8)16)20-15(21)12-7-18-13-5-9(17)2-3-11(12)13/h2-7,18H,17H2,1H3,(H,20,21). The van der Waals surface area contributed by atoms with E-state index in [-0.39, 0.29) is 5.91 Å². The van der Waals surface area contributed by atoms with Gasteiger partial charge in [-0.2, -0.15) is 0 Å². The first kappa shape index (κ1) is 13.6. The van der Waals surface area contributed by atoms with E-state index in [9.17, 15) is 4.79 Å². The number of pyridine rings is 1. The van der Waals surface area contributed by atoms with Crippen LogP contribution in [0.1, 0.15) is 15.9 Å². The van der Waals surface area contributed by atoms with Gasteiger partial charge in [0.2, 0.25) is 0 Å². The molecule has 3 aromatic rings. The smallest absolute Gasteiger partial charge is 0.257 e. The summed E-state index contributed by atoms with van der Waals surface area (Å²) in [5.74, 6) is -0.186. The fraction of sp³-hybridized carbons (Fsp3) is 0.0667. The van der Waals surface area contributed by atoms with Gasteiger partial charge in [-0.3, -0.25) is 4.79 Å². The normalized spacial score (nSPS) is 10.8. The molecule has 0 aliphatic rings. The number of nitrogens with two attached hydrogens (primary N) is 1. The molecule has 0 saturated heterocycles. The molecule has 0 spiro atoms. The van der Waals surface area contributed by atoms with E-state index >= 15 is 0 Å². The first-order chi connectivity index (χ1) is 10.0. The molecule has 0 saturated carbocycles. The number of fused-ring (bicyclic) bond motifs is 1. The molecule has 2 aromatic heterocycles. The number of anilines is 2. The molecule has 1 aromatic carbocycles. The minimum absolute atomic E-state index is 0.186. The van der Waals surface area contributed by atoms with Crippen LogP contribution in [0, 0.1) is 6.92 Å². The Labute approximate surface area is 129 Å². The molecule has 0 aliphatic carbocycles. The molecule has 106 valence electrons. The number of nitrogens with zero attached hydrogens (tertiary/aromatic N) is 1. The zero-order chi connectivity index (χ0) is 15.0. The Balaban J connectivity index is 1.91. The van der Waals surface area contributed by atoms with Gasteiger partial charge in [0.1, 0.15) is 4.60 Å². The van der Waals surface area contributed by atoms with Gasteiger partial charge in [-0.15, -0.1) is 0 Å². The number of hydrogen-bond donors (Lipinski definition) is 3. The van der Waals surface area contributed by atoms with E-state index in [0.717, 1.165) is 21.1 Å². The minimum atomic E-state index is -0.186. The topological polar surface area (TPSA) is 83.8 Å². The van der Waals surface area contributed by atoms with E-state index in [1.54, 1.807) is 24.5 Å². The van der Waals surface area contributed by atoms with Crippen LogP contribution in [0.2, 0.25) is 0 Å². The number of aromatic amines is 1. The van der Waals surface area contributed by atoms with Crippen LogP contribution < -0.4 is 11.1 Å². The van der Waals surface area contributed by atoms with Gasteiger partial charge in [-0.1, -0.05) is 0 Å². The summed E-state index contributed by atoms with van der Waals surface area (Å²) in [6, 6.07) is 7.28. The molecule has 4 N–H and O–H groups in total. The van der Waals surface area contributed by atoms with Gasteiger partial charge in [0.15, 0.2) is 0 Å². The van der Waals surface area contributed by atoms with Crippen molar-refractivity contribution in [2.75, 3.05) is 11.1 Å². The zero-order valence-corrected chi connectivity index (χ0v) is 12.9. The van der Waals surface area contributed by atoms with Gasteiger partial charge in [0.25, 0.3) is 5.91 Å². The molecule has 21 heavy (non-hydrogen) atoms. The fourth-order valence-corrected chi connectivity index (χ4v) is 2.37. The lowest BCUT2D eigenvalue weighted by molar-refractivity contribution is 0.102. The Morgan fingerprint density at radius 1 is 1.38 bits per heavy atom. The van der Waals surface area contributed by atoms with E-state index in [1.165, 1.54) is 0 Å². The Bertz CT molecular complexity index is 841. The lowest BCUT2D eigenvalue weighted by Gasteiger charge is -2.06. The molecule has 2 heterocycles. The lowest BCUT2D eigenvalue weighted by Crippen LogP contribution is -2.11. The number of H-pyrrole nitrogens is 1. The van der Waals surface area contributed by atoms with Crippen molar-refractivity contribution in [3.8, 4) is 0 Å². The number of amides is 1. The first-order valence-corrected chi connectivity index (χ1v) is 7.14. The van der Waals surface area contributed by atoms with Crippen molar-refractivity contribution in [3.63, 3.8) is 0 Å². The zero-order valence-electron chi connectivity index (χ0n) is 11.3. The van der Waals surface area contributed by atoms with Crippen molar-refractivity contribution in [1.29, 1.82) is 0 Å². The summed E-state index contributed by atoms with van der Waals surface area (Å²) in [4.78, 5) is 19.6. The third kappa shape index (κ3) is 2.62. The van der Waals surface area contributed by atoms with E-state index in [0.29, 0.717) is 16.9 Å². The highest BCUT2D eigenvalue weighted by atomic mass is 79.9. The van der Waals surface area contributed by atoms with Crippen molar-refractivity contribution in [2.24, 2.45) is 0 Å². The highest BCUT2D eigenvalue weighted by molar-refractivity contribution is 9.10. The molecule has 3 rings (SSSR count). The highest BCUT2D eigenvalue weighted by Gasteiger charge is 2.12. The summed E-state index contributed by atoms with van der Waals surface area (Å²) in [5, 5.41) is 3.68. The first-order valence-electron chi connectivity index (χ1n) is 6.34. The van der Waals surface area contributed by atoms with Gasteiger partial charge in [-0.05, 0) is 52.7 Å². The maximum atomic E-state index is 12.4. The third-order valence-electron chi connectivity index (χ3n) is 3.22. The molecular weight excluding hydrogens is 332 g/mol. The van der Waals surface area contributed by atoms with E-state index in [2.05, 4.69) is 31.2 Å². The summed E-state index contributed by atoms with van der Waals surface area (Å²) in [7, 11) is 0. The second-order valence-electron chi connectivity index (χ2n) is 4.79. The SMILES string of the molecule is Cc1cc(NC(=O)c2c[nH]c3cc(N)ccc23)cnc1Br. The molecular formula is C15H13BrN4O. The van der Waals surface area contributed by atoms with Crippen molar-refractivity contribution >= 4 is 44.1 Å². The van der Waals surface area contributed by atoms with Crippen LogP contribution in [-0.2, 0) is 0 Å². The fourth-order valence-electron chi connectivity index (χ4n) is 2.16. The Morgan fingerprint density at radius 2 is 2.19 bits per heavy atom. The number of carbonyl (C=O) groups is 1. The number of halogens is 1. The van der Waals surface area contributed by atoms with E-state index in [4.69, 9.17) is 5.73 Å². The second-order valence-corrected chi connectivity index (χ2v) is 5.54. The minimum Gasteiger partial charge on any atom is -0.399 e. The van der Waals surface area contributed by atoms with Crippen molar-refractivity contribution in [1.82, 2.24) is 9.97 Å². The number of benzene rings is 1. The maximum Gasteiger partial charge on any atom is 0.257 e. The number of rotatable bonds is 2. The number of carbonyl (C=O) groups excluding carboxylic acids is 1. The summed E-state index contributed by atoms with van der Waals surface area (Å²) in [5.41, 5.74) is 9.42. The van der Waals surface area contributed by atoms with Gasteiger partial charge >= 0.3 is 0 Å². The van der Waals surface area contributed by atoms with E-state index in [1.807, 2.05) is 19.1 Å². The van der Waals surface area contributed by atoms with Gasteiger partial charge in [0.05, 0.1) is 17.4 Å². The molecule has 0 aliphatic heterocycles. The average molecular weight is 345 g/mol. The van der Waals surface area contributed by atoms with Crippen LogP contribution in [0.4, 0.5) is 11.4 Å². The molecule has 0 radical (unpaired) electrons. The highest BCUT2D eigenvalue weighted by Crippen LogP contribution is 2.22. The summed E-state index contributed by atoms with van der Waals surface area (Å²) in [6.07, 6.45) is 3.29. The molecule has 5 nitrogen and oxygen atoms in total. The van der Waals surface area contributed by atoms with Crippen molar-refractivity contribution in [2.45, 2.75) is 6.92 Å². The lowest BCUT2D eigenvalue weighted by atomic mass is 10.1. The van der Waals surface area contributed by atoms with Gasteiger partial charge < -0.3 is 16.0 Å². The summed E-state index contributed by atoms with van der Waals surface area (Å²) in [6.45, 7) is 1.92. The third-order valence-corrected chi connectivity index (χ3v) is 4.05. The largest absolute Gasteiger partial charge is 0.399 e. The average Bonchev–Trinajstić information content (AvgIpc) is 2.85. The van der Waals surface area contributed by atoms with Gasteiger partial charge in [0, 0.05) is 22.8 Å². The van der Waals surface area contributed by atoms with Crippen LogP contribution in [0.3, 0.4) is 0 Å². The summed E-state index contributed by atoms with van der Waals surface area (Å²) >= 11 is 3.33. The number of aromatic nitrogens is 2. The number of hydrogen-bond acceptors (Lipinski definition) is 3. The van der Waals surface area contributed by atoms with Crippen molar-refractivity contribution < 1.29 is 4.79 Å². The molecule has 0 fully saturated rings. The van der Waals surface area contributed by atoms with Crippen LogP contribution >= 0.6 is 15.9 Å². The Hall–Kier alpha value is -2.34. The maximum absolute atomic E-state index is 12.4. The monoisotopic (exact) mass is 344 g/mol. The number of nitrogens with one attached hydrogen (secondary N) is 2. The van der Waals surface area contributed by atoms with Crippen LogP contribution in [-0.4, -0.2) is 15.9 Å². The number of aryl methyl sites for hydroxylation is 1. The second kappa shape index (κ2) is 5.21. The molecule has 0 bridgehead atoms. The van der Waals surface area contributed by atoms with Crippen LogP contribution in [0.25, 0.3) is 10.9 Å². The van der Waals surface area contributed by atoms with Crippen LogP contribution in [0.15, 0.2) is 41.3 Å². The molecule has 6 heteroatoms. The Morgan fingerprint density at radius 3 is 2.95 bits per heavy atom.